The largest absolute Gasteiger partial charge is 0.416 e. The molecule has 2 aliphatic carbocycles. The van der Waals surface area contributed by atoms with Crippen LogP contribution in [0.1, 0.15) is 170 Å². The number of aromatic nitrogens is 2. The number of nitrogens with zero attached hydrogens (tertiary/aromatic N) is 2. The first kappa shape index (κ1) is 91.3. The van der Waals surface area contributed by atoms with Gasteiger partial charge in [-0.05, 0) is 225 Å². The van der Waals surface area contributed by atoms with Crippen molar-refractivity contribution in [3.63, 3.8) is 0 Å². The Morgan fingerprint density at radius 1 is 0.230 bits per heavy atom. The second-order valence-electron chi connectivity index (χ2n) is 37.8. The zero-order chi connectivity index (χ0) is 94.2. The quantitative estimate of drug-likeness (QED) is 0.0188. The van der Waals surface area contributed by atoms with Crippen LogP contribution in [0.3, 0.4) is 0 Å². The van der Waals surface area contributed by atoms with Crippen LogP contribution < -0.4 is 41.5 Å². The van der Waals surface area contributed by atoms with E-state index in [1.165, 1.54) is 206 Å². The molecule has 0 spiro atoms. The third-order valence-electron chi connectivity index (χ3n) is 29.1. The van der Waals surface area contributed by atoms with E-state index in [9.17, 15) is 0 Å². The van der Waals surface area contributed by atoms with E-state index in [2.05, 4.69) is 523 Å². The minimum Gasteiger partial charge on any atom is -0.416 e. The average Bonchev–Trinajstić information content (AvgIpc) is 1.52. The van der Waals surface area contributed by atoms with Gasteiger partial charge in [-0.15, -0.1) is 10.2 Å². The van der Waals surface area contributed by atoms with Crippen LogP contribution in [0.15, 0.2) is 478 Å². The molecule has 0 saturated heterocycles. The molecule has 3 nitrogen and oxygen atoms in total. The van der Waals surface area contributed by atoms with Crippen LogP contribution in [0.2, 0.25) is 0 Å². The van der Waals surface area contributed by atoms with Crippen molar-refractivity contribution in [1.82, 2.24) is 10.2 Å². The van der Waals surface area contributed by atoms with E-state index in [0.29, 0.717) is 11.8 Å². The molecular formula is C134H116N2OSi2. The summed E-state index contributed by atoms with van der Waals surface area (Å²) in [7, 11) is -5.12. The summed E-state index contributed by atoms with van der Waals surface area (Å²) in [5, 5.41) is 19.7. The van der Waals surface area contributed by atoms with Gasteiger partial charge < -0.3 is 4.42 Å². The number of rotatable bonds is 31. The summed E-state index contributed by atoms with van der Waals surface area (Å²) in [5.74, 6) is 0.973. The fraction of sp³-hybridized carbons (Fsp3) is 0.119. The van der Waals surface area contributed by atoms with E-state index in [-0.39, 0.29) is 10.8 Å². The predicted molar refractivity (Wildman–Crippen MR) is 596 cm³/mol. The van der Waals surface area contributed by atoms with Crippen LogP contribution >= 0.6 is 0 Å². The highest BCUT2D eigenvalue weighted by Gasteiger charge is 2.45. The minimum atomic E-state index is -2.56. The summed E-state index contributed by atoms with van der Waals surface area (Å²) in [6, 6.07) is 174. The monoisotopic (exact) mass is 1820 g/mol. The number of unbranched alkanes of at least 4 members (excludes halogenated alkanes) is 6. The van der Waals surface area contributed by atoms with E-state index in [0.717, 1.165) is 33.4 Å². The van der Waals surface area contributed by atoms with E-state index < -0.39 is 16.1 Å². The molecule has 0 fully saturated rings. The van der Waals surface area contributed by atoms with Gasteiger partial charge in [-0.3, -0.25) is 0 Å². The zero-order valence-corrected chi connectivity index (χ0v) is 81.9. The van der Waals surface area contributed by atoms with Gasteiger partial charge in [-0.2, -0.15) is 0 Å². The van der Waals surface area contributed by atoms with E-state index >= 15 is 0 Å². The summed E-state index contributed by atoms with van der Waals surface area (Å²) < 4.78 is 6.21. The lowest BCUT2D eigenvalue weighted by atomic mass is 9.75. The van der Waals surface area contributed by atoms with Crippen molar-refractivity contribution in [2.45, 2.75) is 103 Å². The summed E-state index contributed by atoms with van der Waals surface area (Å²) in [5.41, 5.74) is 30.0. The van der Waals surface area contributed by atoms with Gasteiger partial charge in [0.2, 0.25) is 11.8 Å². The second-order valence-corrected chi connectivity index (χ2v) is 45.4. The summed E-state index contributed by atoms with van der Waals surface area (Å²) in [4.78, 5) is 0. The predicted octanol–water partition coefficient (Wildman–Crippen LogP) is 29.5. The first-order valence-corrected chi connectivity index (χ1v) is 53.7. The Morgan fingerprint density at radius 2 is 0.482 bits per heavy atom. The highest BCUT2D eigenvalue weighted by molar-refractivity contribution is 7.20. The summed E-state index contributed by atoms with van der Waals surface area (Å²) in [6.07, 6.45) is 25.9. The molecule has 2 aliphatic rings. The van der Waals surface area contributed by atoms with Gasteiger partial charge in [-0.1, -0.05) is 540 Å². The molecule has 676 valence electrons. The molecule has 0 N–H and O–H groups in total. The molecule has 2 atom stereocenters. The molecule has 5 heteroatoms. The maximum Gasteiger partial charge on any atom is 0.248 e. The molecule has 139 heavy (non-hydrogen) atoms. The third kappa shape index (κ3) is 19.1. The normalized spacial score (nSPS) is 14.4. The highest BCUT2D eigenvalue weighted by atomic mass is 28.3. The highest BCUT2D eigenvalue weighted by Crippen LogP contribution is 2.54. The molecule has 1 aromatic heterocycles. The Balaban J connectivity index is 0.000000171. The lowest BCUT2D eigenvalue weighted by molar-refractivity contribution is 0.487. The maximum atomic E-state index is 6.21. The summed E-state index contributed by atoms with van der Waals surface area (Å²) in [6.45, 7) is 9.58. The molecule has 2 unspecified atom stereocenters. The topological polar surface area (TPSA) is 38.9 Å². The van der Waals surface area contributed by atoms with Crippen LogP contribution in [-0.4, -0.2) is 26.3 Å². The van der Waals surface area contributed by atoms with Gasteiger partial charge in [0.25, 0.3) is 0 Å². The summed E-state index contributed by atoms with van der Waals surface area (Å²) >= 11 is 0. The Labute approximate surface area is 823 Å². The molecule has 0 amide bonds. The van der Waals surface area contributed by atoms with E-state index in [1.54, 1.807) is 0 Å². The second kappa shape index (κ2) is 42.0. The molecule has 19 aromatic rings. The lowest BCUT2D eigenvalue weighted by Gasteiger charge is -2.34. The van der Waals surface area contributed by atoms with Crippen molar-refractivity contribution in [3.8, 4) is 56.3 Å². The standard InChI is InChI=1S/C68H66.C66H50N2OSi2/c1-5-7-9-21-43-67(3)63-29-19-17-27-57(63)59-41-39-55(47-65(59)67)61(53-23-13-11-14-24-53)45-49-31-35-51(36-32-49)52-37-33-50(34-38-52)46-62(54-25-15-12-16-26-54)56-40-42-60-58-28-18-20-30-64(58)68(4,66(60)48-56)44-22-10-8-6-2;1-7-19-57(20-8-1)70(58-21-9-2-10-22-58,59-23-11-3-12-24-59)63-47-39-53(40-48-63)33-31-51-35-43-55(44-36-51)65-67-68-66(69-65)56-45-37-52(38-46-56)32-34-54-41-49-64(50-42-54)71(60-25-13-4-14-26-60,61-27-15-5-16-28-61)62-29-17-6-18-30-62/h11-20,23-42,45-48H,5-10,21-22,43-44H2,1-4H3;1-50H/b61-45+,62-46+;33-31+,34-32+. The Kier molecular flexibility index (Phi) is 27.6. The molecular weight excluding hydrogens is 1710 g/mol. The Morgan fingerprint density at radius 3 is 0.784 bits per heavy atom. The fourth-order valence-corrected chi connectivity index (χ4v) is 31.2. The van der Waals surface area contributed by atoms with Crippen molar-refractivity contribution in [2.24, 2.45) is 0 Å². The Bertz CT molecular complexity index is 6850. The third-order valence-corrected chi connectivity index (χ3v) is 38.7. The number of hydrogen-bond donors (Lipinski definition) is 0. The lowest BCUT2D eigenvalue weighted by Crippen LogP contribution is -2.74. The average molecular weight is 1830 g/mol. The van der Waals surface area contributed by atoms with Gasteiger partial charge in [0.05, 0.1) is 0 Å². The molecule has 0 saturated carbocycles. The van der Waals surface area contributed by atoms with Gasteiger partial charge in [0, 0.05) is 22.0 Å². The van der Waals surface area contributed by atoms with Gasteiger partial charge in [0.15, 0.2) is 16.1 Å². The van der Waals surface area contributed by atoms with Gasteiger partial charge in [-0.25, -0.2) is 0 Å². The number of hydrogen-bond acceptors (Lipinski definition) is 3. The molecule has 18 aromatic carbocycles. The van der Waals surface area contributed by atoms with Crippen molar-refractivity contribution >= 4 is 105 Å². The maximum absolute atomic E-state index is 6.21. The fourth-order valence-electron chi connectivity index (χ4n) is 21.8. The van der Waals surface area contributed by atoms with Crippen LogP contribution in [0, 0.1) is 0 Å². The smallest absolute Gasteiger partial charge is 0.248 e. The molecule has 0 radical (unpaired) electrons. The zero-order valence-electron chi connectivity index (χ0n) is 79.9. The van der Waals surface area contributed by atoms with Crippen LogP contribution in [-0.2, 0) is 10.8 Å². The van der Waals surface area contributed by atoms with Gasteiger partial charge in [0.1, 0.15) is 0 Å². The molecule has 1 heterocycles. The van der Waals surface area contributed by atoms with Gasteiger partial charge >= 0.3 is 0 Å². The Hall–Kier alpha value is -15.5. The van der Waals surface area contributed by atoms with Crippen molar-refractivity contribution < 1.29 is 4.42 Å². The van der Waals surface area contributed by atoms with E-state index in [1.807, 2.05) is 24.3 Å². The van der Waals surface area contributed by atoms with Crippen molar-refractivity contribution in [2.75, 3.05) is 0 Å². The first-order chi connectivity index (χ1) is 68.5. The van der Waals surface area contributed by atoms with Crippen molar-refractivity contribution in [3.05, 3.63) is 551 Å². The van der Waals surface area contributed by atoms with Crippen LogP contribution in [0.5, 0.6) is 0 Å². The van der Waals surface area contributed by atoms with Crippen molar-refractivity contribution in [1.29, 1.82) is 0 Å². The molecule has 21 rings (SSSR count). The minimum absolute atomic E-state index is 0.00222. The molecule has 0 bridgehead atoms. The first-order valence-electron chi connectivity index (χ1n) is 49.7. The number of fused-ring (bicyclic) bond motifs is 6. The van der Waals surface area contributed by atoms with Crippen LogP contribution in [0.25, 0.3) is 104 Å². The SMILES string of the molecule is C(=C\c1ccc([Si](c2ccccc2)(c2ccccc2)c2ccccc2)cc1)/c1ccc(-c2nnc(-c3ccc(/C=C/c4ccc([Si](c5ccccc5)(c5ccccc5)c5ccccc5)cc4)cc3)o2)cc1.CCCCCCC1(C)c2ccccc2-c2ccc(/C(=C/c3ccc(-c4ccc(/C=C(\c5ccccc5)c5ccc6c(c5)C(C)(CCCCCC)c5ccccc5-6)cc4)cc3)c3ccccc3)cc21. The number of benzene rings is 18. The van der Waals surface area contributed by atoms with Crippen LogP contribution in [0.4, 0.5) is 0 Å². The van der Waals surface area contributed by atoms with E-state index in [4.69, 9.17) is 4.42 Å². The molecule has 0 aliphatic heterocycles.